The Bertz CT molecular complexity index is 1340. The number of hydrogen-bond acceptors (Lipinski definition) is 14. The van der Waals surface area contributed by atoms with Crippen molar-refractivity contribution in [3.05, 3.63) is 0 Å². The first kappa shape index (κ1) is 58.6. The number of carboxylic acid groups (broad SMARTS) is 1. The number of Topliss-reactive ketones (excluding diaryl/α,β-unsaturated/α-hetero) is 3. The molecule has 0 saturated heterocycles. The van der Waals surface area contributed by atoms with Gasteiger partial charge in [0.15, 0.2) is 17.3 Å². The molecule has 0 fully saturated rings. The average Bonchev–Trinajstić information content (AvgIpc) is 3.16. The fraction of sp³-hybridized carbons (Fsp3) is 0.841. The van der Waals surface area contributed by atoms with Gasteiger partial charge >= 0.3 is 5.97 Å². The van der Waals surface area contributed by atoms with Gasteiger partial charge in [-0.05, 0) is 55.3 Å². The molecule has 8 N–H and O–H groups in total. The normalized spacial score (nSPS) is 15.2. The van der Waals surface area contributed by atoms with Crippen molar-refractivity contribution in [1.29, 1.82) is 0 Å². The van der Waals surface area contributed by atoms with Crippen LogP contribution in [0.15, 0.2) is 0 Å². The van der Waals surface area contributed by atoms with Gasteiger partial charge in [0.2, 0.25) is 17.7 Å². The van der Waals surface area contributed by atoms with Crippen molar-refractivity contribution in [3.63, 3.8) is 0 Å². The summed E-state index contributed by atoms with van der Waals surface area (Å²) in [6.07, 6.45) is -2.90. The van der Waals surface area contributed by atoms with Crippen LogP contribution in [0.3, 0.4) is 0 Å². The maximum atomic E-state index is 13.8. The molecule has 0 heterocycles. The Labute approximate surface area is 368 Å². The van der Waals surface area contributed by atoms with E-state index in [4.69, 9.17) is 29.8 Å². The van der Waals surface area contributed by atoms with E-state index >= 15 is 0 Å². The first-order valence-electron chi connectivity index (χ1n) is 22.1. The molecule has 0 bridgehead atoms. The second-order valence-electron chi connectivity index (χ2n) is 17.6. The molecule has 0 aliphatic carbocycles. The molecule has 0 rings (SSSR count). The van der Waals surface area contributed by atoms with E-state index in [1.54, 1.807) is 13.8 Å². The number of carbonyl (C=O) groups excluding carboxylic acids is 6. The maximum absolute atomic E-state index is 13.8. The van der Waals surface area contributed by atoms with Crippen molar-refractivity contribution in [2.24, 2.45) is 47.2 Å². The van der Waals surface area contributed by atoms with E-state index in [0.29, 0.717) is 32.6 Å². The maximum Gasteiger partial charge on any atom is 0.305 e. The third-order valence-electron chi connectivity index (χ3n) is 10.2. The zero-order valence-electron chi connectivity index (χ0n) is 38.8. The molecule has 7 atom stereocenters. The zero-order valence-corrected chi connectivity index (χ0v) is 38.8. The van der Waals surface area contributed by atoms with Crippen LogP contribution in [-0.4, -0.2) is 147 Å². The SMILES string of the molecule is CC(C)C[C@H](CC(=O)[C@H](C)NC(=O)C[C@H](O)[C@@H](CC(=O)[C@@H](NC(=O)[C@@H](CC(=O)COCCOCCNC(=O)COCCOCCN)C(C)C)C(C)C)CC(C)C)[C@@H](O)CC(=O)O. The molecule has 0 saturated carbocycles. The Hall–Kier alpha value is -3.39. The van der Waals surface area contributed by atoms with Gasteiger partial charge in [-0.2, -0.15) is 0 Å². The van der Waals surface area contributed by atoms with Crippen LogP contribution in [0.1, 0.15) is 107 Å². The fourth-order valence-corrected chi connectivity index (χ4v) is 6.87. The highest BCUT2D eigenvalue weighted by molar-refractivity contribution is 5.92. The van der Waals surface area contributed by atoms with Gasteiger partial charge in [-0.1, -0.05) is 55.4 Å². The zero-order chi connectivity index (χ0) is 47.4. The van der Waals surface area contributed by atoms with E-state index < -0.39 is 66.2 Å². The molecule has 3 amide bonds. The van der Waals surface area contributed by atoms with Crippen LogP contribution in [0, 0.1) is 41.4 Å². The van der Waals surface area contributed by atoms with Crippen LogP contribution in [-0.2, 0) is 52.5 Å². The van der Waals surface area contributed by atoms with Gasteiger partial charge in [0.25, 0.3) is 0 Å². The quantitative estimate of drug-likeness (QED) is 0.0436. The number of rotatable bonds is 38. The lowest BCUT2D eigenvalue weighted by atomic mass is 9.83. The number of amides is 3. The van der Waals surface area contributed by atoms with E-state index in [-0.39, 0.29) is 119 Å². The summed E-state index contributed by atoms with van der Waals surface area (Å²) in [4.78, 5) is 89.3. The topological polar surface area (TPSA) is 279 Å². The smallest absolute Gasteiger partial charge is 0.305 e. The Morgan fingerprint density at radius 2 is 1.08 bits per heavy atom. The molecule has 62 heavy (non-hydrogen) atoms. The lowest BCUT2D eigenvalue weighted by Gasteiger charge is -2.29. The van der Waals surface area contributed by atoms with Crippen LogP contribution in [0.25, 0.3) is 0 Å². The number of carboxylic acids is 1. The molecule has 0 aliphatic rings. The van der Waals surface area contributed by atoms with Gasteiger partial charge in [0.05, 0.1) is 76.8 Å². The number of aliphatic carboxylic acids is 1. The molecular weight excluding hydrogens is 808 g/mol. The van der Waals surface area contributed by atoms with Crippen LogP contribution in [0.4, 0.5) is 0 Å². The highest BCUT2D eigenvalue weighted by atomic mass is 16.5. The fourth-order valence-electron chi connectivity index (χ4n) is 6.87. The van der Waals surface area contributed by atoms with E-state index in [9.17, 15) is 43.8 Å². The molecule has 18 heteroatoms. The lowest BCUT2D eigenvalue weighted by Crippen LogP contribution is -2.49. The van der Waals surface area contributed by atoms with Crippen LogP contribution in [0.2, 0.25) is 0 Å². The van der Waals surface area contributed by atoms with Crippen LogP contribution >= 0.6 is 0 Å². The average molecular weight is 889 g/mol. The molecule has 0 spiro atoms. The number of nitrogens with two attached hydrogens (primary N) is 1. The standard InChI is InChI=1S/C44H80N4O14/c1-27(2)18-32(38(52)24-42(56)57)20-36(50)31(9)47-40(54)23-37(51)33(19-28(3)4)21-39(53)43(30(7)8)48-44(58)35(29(5)6)22-34(49)25-61-16-15-60-13-11-46-41(55)26-62-17-14-59-12-10-45/h27-33,35,37-38,43,51-52H,10-26,45H2,1-9H3,(H,46,55)(H,47,54)(H,48,58)(H,56,57)/t31-,32+,33+,35-,37-,38-,43-/m0/s1. The molecular formula is C44H80N4O14. The number of carbonyl (C=O) groups is 7. The second-order valence-corrected chi connectivity index (χ2v) is 17.6. The largest absolute Gasteiger partial charge is 0.481 e. The van der Waals surface area contributed by atoms with Crippen molar-refractivity contribution < 1.29 is 67.8 Å². The molecule has 0 aliphatic heterocycles. The molecule has 360 valence electrons. The van der Waals surface area contributed by atoms with Gasteiger partial charge < -0.3 is 56.0 Å². The van der Waals surface area contributed by atoms with E-state index in [0.717, 1.165) is 0 Å². The Morgan fingerprint density at radius 1 is 0.565 bits per heavy atom. The number of hydrogen-bond donors (Lipinski definition) is 7. The summed E-state index contributed by atoms with van der Waals surface area (Å²) in [7, 11) is 0. The van der Waals surface area contributed by atoms with Crippen molar-refractivity contribution >= 4 is 41.0 Å². The number of ketones is 3. The lowest BCUT2D eigenvalue weighted by molar-refractivity contribution is -0.141. The van der Waals surface area contributed by atoms with Crippen molar-refractivity contribution in [1.82, 2.24) is 16.0 Å². The monoisotopic (exact) mass is 889 g/mol. The first-order chi connectivity index (χ1) is 29.1. The summed E-state index contributed by atoms with van der Waals surface area (Å²) in [5.41, 5.74) is 5.33. The number of nitrogens with one attached hydrogen (secondary N) is 3. The molecule has 0 radical (unpaired) electrons. The van der Waals surface area contributed by atoms with E-state index in [1.807, 2.05) is 41.5 Å². The summed E-state index contributed by atoms with van der Waals surface area (Å²) >= 11 is 0. The minimum atomic E-state index is -1.24. The first-order valence-corrected chi connectivity index (χ1v) is 22.1. The summed E-state index contributed by atoms with van der Waals surface area (Å²) in [6, 6.07) is -1.88. The summed E-state index contributed by atoms with van der Waals surface area (Å²) in [5, 5.41) is 38.9. The van der Waals surface area contributed by atoms with Gasteiger partial charge in [-0.3, -0.25) is 33.6 Å². The van der Waals surface area contributed by atoms with Gasteiger partial charge in [0.1, 0.15) is 13.2 Å². The van der Waals surface area contributed by atoms with Crippen molar-refractivity contribution in [3.8, 4) is 0 Å². The third-order valence-corrected chi connectivity index (χ3v) is 10.2. The molecule has 0 unspecified atom stereocenters. The Morgan fingerprint density at radius 3 is 1.60 bits per heavy atom. The predicted octanol–water partition coefficient (Wildman–Crippen LogP) is 1.83. The summed E-state index contributed by atoms with van der Waals surface area (Å²) in [5.74, 6) is -5.95. The Balaban J connectivity index is 5.16. The minimum Gasteiger partial charge on any atom is -0.481 e. The summed E-state index contributed by atoms with van der Waals surface area (Å²) < 4.78 is 21.3. The number of aliphatic hydroxyl groups is 2. The van der Waals surface area contributed by atoms with E-state index in [2.05, 4.69) is 16.0 Å². The van der Waals surface area contributed by atoms with Gasteiger partial charge in [-0.15, -0.1) is 0 Å². The molecule has 0 aromatic carbocycles. The molecule has 0 aromatic heterocycles. The van der Waals surface area contributed by atoms with Gasteiger partial charge in [-0.25, -0.2) is 0 Å². The van der Waals surface area contributed by atoms with Crippen LogP contribution < -0.4 is 21.7 Å². The predicted molar refractivity (Wildman–Crippen MR) is 232 cm³/mol. The number of ether oxygens (including phenoxy) is 4. The highest BCUT2D eigenvalue weighted by Gasteiger charge is 2.34. The molecule has 0 aromatic rings. The summed E-state index contributed by atoms with van der Waals surface area (Å²) in [6.45, 7) is 18.2. The van der Waals surface area contributed by atoms with Crippen molar-refractivity contribution in [2.75, 3.05) is 65.9 Å². The minimum absolute atomic E-state index is 0.0508. The highest BCUT2D eigenvalue weighted by Crippen LogP contribution is 2.26. The Kier molecular flexibility index (Phi) is 31.4. The van der Waals surface area contributed by atoms with E-state index in [1.165, 1.54) is 6.92 Å². The third kappa shape index (κ3) is 27.6. The van der Waals surface area contributed by atoms with Crippen LogP contribution in [0.5, 0.6) is 0 Å². The number of aliphatic hydroxyl groups excluding tert-OH is 2. The molecule has 18 nitrogen and oxygen atoms in total. The van der Waals surface area contributed by atoms with Gasteiger partial charge in [0, 0.05) is 38.3 Å². The second kappa shape index (κ2) is 33.2. The van der Waals surface area contributed by atoms with Crippen molar-refractivity contribution in [2.45, 2.75) is 132 Å².